The van der Waals surface area contributed by atoms with Crippen LogP contribution in [0.1, 0.15) is 32.6 Å². The maximum Gasteiger partial charge on any atom is 0.340 e. The topological polar surface area (TPSA) is 55.8 Å². The van der Waals surface area contributed by atoms with E-state index in [4.69, 9.17) is 9.47 Å². The van der Waals surface area contributed by atoms with Gasteiger partial charge in [-0.25, -0.2) is 4.79 Å². The summed E-state index contributed by atoms with van der Waals surface area (Å²) in [5, 5.41) is 11.4. The zero-order valence-corrected chi connectivity index (χ0v) is 15.4. The number of aryl methyl sites for hydroxylation is 2. The molecule has 0 bridgehead atoms. The predicted molar refractivity (Wildman–Crippen MR) is 103 cm³/mol. The van der Waals surface area contributed by atoms with Gasteiger partial charge in [0.2, 0.25) is 0 Å². The van der Waals surface area contributed by atoms with Crippen molar-refractivity contribution >= 4 is 16.7 Å². The molecule has 3 aromatic carbocycles. The van der Waals surface area contributed by atoms with E-state index in [1.165, 1.54) is 19.8 Å². The number of fused-ring (bicyclic) bond motifs is 1. The van der Waals surface area contributed by atoms with Gasteiger partial charge in [0.15, 0.2) is 11.5 Å². The molecular weight excluding hydrogens is 328 g/mol. The van der Waals surface area contributed by atoms with Gasteiger partial charge in [0.25, 0.3) is 0 Å². The highest BCUT2D eigenvalue weighted by atomic mass is 16.5. The van der Waals surface area contributed by atoms with Crippen molar-refractivity contribution in [3.05, 3.63) is 70.3 Å². The van der Waals surface area contributed by atoms with Gasteiger partial charge in [-0.2, -0.15) is 0 Å². The van der Waals surface area contributed by atoms with Crippen molar-refractivity contribution in [3.8, 4) is 11.5 Å². The van der Waals surface area contributed by atoms with Crippen LogP contribution in [-0.4, -0.2) is 25.3 Å². The minimum absolute atomic E-state index is 0.138. The quantitative estimate of drug-likeness (QED) is 0.720. The Morgan fingerprint density at radius 3 is 2.19 bits per heavy atom. The second kappa shape index (κ2) is 7.08. The number of ether oxygens (including phenoxy) is 2. The first-order chi connectivity index (χ1) is 12.5. The molecule has 134 valence electrons. The van der Waals surface area contributed by atoms with E-state index in [1.54, 1.807) is 0 Å². The summed E-state index contributed by atoms with van der Waals surface area (Å²) in [4.78, 5) is 12.0. The average molecular weight is 350 g/mol. The molecule has 0 heterocycles. The molecule has 26 heavy (non-hydrogen) atoms. The average Bonchev–Trinajstić information content (AvgIpc) is 2.63. The standard InChI is InChI=1S/C22H22O4/c1-13-10-17-14(2)20(25-3)21(26-4)19(22(23)24)18(17)12-16(13)11-15-8-6-5-7-9-15/h5-10,12H,11H2,1-4H3,(H,23,24). The normalized spacial score (nSPS) is 10.8. The summed E-state index contributed by atoms with van der Waals surface area (Å²) in [6, 6.07) is 14.1. The monoisotopic (exact) mass is 350 g/mol. The summed E-state index contributed by atoms with van der Waals surface area (Å²) < 4.78 is 10.8. The lowest BCUT2D eigenvalue weighted by atomic mass is 9.91. The molecule has 0 aromatic heterocycles. The van der Waals surface area contributed by atoms with Crippen LogP contribution >= 0.6 is 0 Å². The third kappa shape index (κ3) is 2.99. The van der Waals surface area contributed by atoms with Crippen molar-refractivity contribution in [1.82, 2.24) is 0 Å². The Hall–Kier alpha value is -3.01. The molecular formula is C22H22O4. The van der Waals surface area contributed by atoms with Crippen molar-refractivity contribution in [2.45, 2.75) is 20.3 Å². The Balaban J connectivity index is 2.31. The fraction of sp³-hybridized carbons (Fsp3) is 0.227. The Morgan fingerprint density at radius 2 is 1.62 bits per heavy atom. The summed E-state index contributed by atoms with van der Waals surface area (Å²) in [7, 11) is 2.99. The van der Waals surface area contributed by atoms with Crippen LogP contribution in [-0.2, 0) is 6.42 Å². The first-order valence-electron chi connectivity index (χ1n) is 8.42. The van der Waals surface area contributed by atoms with E-state index in [1.807, 2.05) is 44.2 Å². The number of hydrogen-bond acceptors (Lipinski definition) is 3. The fourth-order valence-electron chi connectivity index (χ4n) is 3.46. The SMILES string of the molecule is COc1c(OC)c(C(=O)O)c2cc(Cc3ccccc3)c(C)cc2c1C. The van der Waals surface area contributed by atoms with Crippen LogP contribution in [0.25, 0.3) is 10.8 Å². The number of carboxylic acid groups (broad SMARTS) is 1. The molecule has 3 rings (SSSR count). The Morgan fingerprint density at radius 1 is 0.962 bits per heavy atom. The highest BCUT2D eigenvalue weighted by molar-refractivity contribution is 6.09. The van der Waals surface area contributed by atoms with E-state index in [0.29, 0.717) is 11.1 Å². The van der Waals surface area contributed by atoms with E-state index >= 15 is 0 Å². The highest BCUT2D eigenvalue weighted by Crippen LogP contribution is 2.42. The summed E-state index contributed by atoms with van der Waals surface area (Å²) >= 11 is 0. The second-order valence-electron chi connectivity index (χ2n) is 6.36. The van der Waals surface area contributed by atoms with Gasteiger partial charge in [0, 0.05) is 10.9 Å². The molecule has 0 radical (unpaired) electrons. The zero-order chi connectivity index (χ0) is 18.8. The number of aromatic carboxylic acids is 1. The number of benzene rings is 3. The minimum atomic E-state index is -1.03. The van der Waals surface area contributed by atoms with Crippen LogP contribution in [0.15, 0.2) is 42.5 Å². The molecule has 0 aliphatic rings. The Bertz CT molecular complexity index is 975. The molecule has 0 saturated heterocycles. The van der Waals surface area contributed by atoms with Crippen LogP contribution in [0.3, 0.4) is 0 Å². The van der Waals surface area contributed by atoms with Crippen molar-refractivity contribution in [3.63, 3.8) is 0 Å². The summed E-state index contributed by atoms with van der Waals surface area (Å²) in [6.45, 7) is 3.97. The molecule has 0 saturated carbocycles. The summed E-state index contributed by atoms with van der Waals surface area (Å²) in [6.07, 6.45) is 0.745. The van der Waals surface area contributed by atoms with Crippen LogP contribution in [0, 0.1) is 13.8 Å². The maximum absolute atomic E-state index is 12.0. The van der Waals surface area contributed by atoms with Crippen LogP contribution < -0.4 is 9.47 Å². The van der Waals surface area contributed by atoms with Gasteiger partial charge < -0.3 is 14.6 Å². The first kappa shape index (κ1) is 17.8. The lowest BCUT2D eigenvalue weighted by molar-refractivity contribution is 0.0695. The van der Waals surface area contributed by atoms with Crippen molar-refractivity contribution in [1.29, 1.82) is 0 Å². The van der Waals surface area contributed by atoms with Gasteiger partial charge in [-0.15, -0.1) is 0 Å². The van der Waals surface area contributed by atoms with E-state index in [2.05, 4.69) is 12.1 Å². The van der Waals surface area contributed by atoms with Crippen LogP contribution in [0.4, 0.5) is 0 Å². The number of carbonyl (C=O) groups is 1. The van der Waals surface area contributed by atoms with Crippen LogP contribution in [0.5, 0.6) is 11.5 Å². The molecule has 0 aliphatic carbocycles. The molecule has 0 spiro atoms. The first-order valence-corrected chi connectivity index (χ1v) is 8.42. The van der Waals surface area contributed by atoms with E-state index < -0.39 is 5.97 Å². The Labute approximate surface area is 153 Å². The molecule has 0 amide bonds. The predicted octanol–water partition coefficient (Wildman–Crippen LogP) is 4.76. The third-order valence-corrected chi connectivity index (χ3v) is 4.78. The number of methoxy groups -OCH3 is 2. The largest absolute Gasteiger partial charge is 0.493 e. The summed E-state index contributed by atoms with van der Waals surface area (Å²) in [5.74, 6) is -0.299. The molecule has 0 unspecified atom stereocenters. The lowest BCUT2D eigenvalue weighted by Crippen LogP contribution is -2.06. The number of hydrogen-bond donors (Lipinski definition) is 1. The number of carboxylic acids is 1. The van der Waals surface area contributed by atoms with Gasteiger partial charge in [0.1, 0.15) is 5.56 Å². The summed E-state index contributed by atoms with van der Waals surface area (Å²) in [5.41, 5.74) is 4.41. The lowest BCUT2D eigenvalue weighted by Gasteiger charge is -2.18. The van der Waals surface area contributed by atoms with E-state index in [0.717, 1.165) is 28.5 Å². The van der Waals surface area contributed by atoms with Crippen molar-refractivity contribution < 1.29 is 19.4 Å². The van der Waals surface area contributed by atoms with E-state index in [-0.39, 0.29) is 11.3 Å². The van der Waals surface area contributed by atoms with Gasteiger partial charge in [-0.1, -0.05) is 36.4 Å². The van der Waals surface area contributed by atoms with Gasteiger partial charge in [-0.3, -0.25) is 0 Å². The Kier molecular flexibility index (Phi) is 4.85. The van der Waals surface area contributed by atoms with Crippen molar-refractivity contribution in [2.24, 2.45) is 0 Å². The zero-order valence-electron chi connectivity index (χ0n) is 15.4. The van der Waals surface area contributed by atoms with Gasteiger partial charge in [-0.05, 0) is 48.4 Å². The molecule has 0 fully saturated rings. The molecule has 0 atom stereocenters. The van der Waals surface area contributed by atoms with Crippen molar-refractivity contribution in [2.75, 3.05) is 14.2 Å². The van der Waals surface area contributed by atoms with Gasteiger partial charge in [0.05, 0.1) is 14.2 Å². The number of rotatable bonds is 5. The minimum Gasteiger partial charge on any atom is -0.493 e. The molecule has 3 aromatic rings. The molecule has 0 aliphatic heterocycles. The molecule has 4 heteroatoms. The van der Waals surface area contributed by atoms with Crippen LogP contribution in [0.2, 0.25) is 0 Å². The smallest absolute Gasteiger partial charge is 0.340 e. The molecule has 1 N–H and O–H groups in total. The fourth-order valence-corrected chi connectivity index (χ4v) is 3.46. The molecule has 4 nitrogen and oxygen atoms in total. The van der Waals surface area contributed by atoms with Gasteiger partial charge >= 0.3 is 5.97 Å². The third-order valence-electron chi connectivity index (χ3n) is 4.78. The highest BCUT2D eigenvalue weighted by Gasteiger charge is 2.24. The second-order valence-corrected chi connectivity index (χ2v) is 6.36. The maximum atomic E-state index is 12.0. The van der Waals surface area contributed by atoms with E-state index in [9.17, 15) is 9.90 Å².